The summed E-state index contributed by atoms with van der Waals surface area (Å²) in [6, 6.07) is 7.63. The van der Waals surface area contributed by atoms with E-state index in [0.29, 0.717) is 12.4 Å². The fourth-order valence-corrected chi connectivity index (χ4v) is 1.73. The average molecular weight is 261 g/mol. The van der Waals surface area contributed by atoms with E-state index in [0.717, 1.165) is 11.3 Å². The van der Waals surface area contributed by atoms with Crippen molar-refractivity contribution in [2.45, 2.75) is 6.54 Å². The van der Waals surface area contributed by atoms with Crippen LogP contribution in [0.15, 0.2) is 35.4 Å². The third kappa shape index (κ3) is 2.85. The molecule has 0 saturated heterocycles. The fraction of sp³-hybridized carbons (Fsp3) is 0.231. The smallest absolute Gasteiger partial charge is 0.295 e. The van der Waals surface area contributed by atoms with Crippen molar-refractivity contribution < 1.29 is 9.47 Å². The first-order chi connectivity index (χ1) is 9.26. The summed E-state index contributed by atoms with van der Waals surface area (Å²) < 4.78 is 10.3. The largest absolute Gasteiger partial charge is 0.496 e. The summed E-state index contributed by atoms with van der Waals surface area (Å²) >= 11 is 0. The molecule has 1 heterocycles. The molecule has 0 aliphatic carbocycles. The topological polar surface area (TPSA) is 76.2 Å². The van der Waals surface area contributed by atoms with Crippen LogP contribution in [0.25, 0.3) is 0 Å². The van der Waals surface area contributed by atoms with E-state index in [-0.39, 0.29) is 11.3 Å². The van der Waals surface area contributed by atoms with Crippen LogP contribution in [0.1, 0.15) is 5.56 Å². The van der Waals surface area contributed by atoms with Crippen molar-refractivity contribution in [1.29, 1.82) is 0 Å². The van der Waals surface area contributed by atoms with Gasteiger partial charge in [-0.25, -0.2) is 4.98 Å². The second-order valence-electron chi connectivity index (χ2n) is 3.78. The third-order valence-corrected chi connectivity index (χ3v) is 2.65. The minimum Gasteiger partial charge on any atom is -0.496 e. The summed E-state index contributed by atoms with van der Waals surface area (Å²) in [5.74, 6) is 1.34. The number of hydrogen-bond acceptors (Lipinski definition) is 5. The Hall–Kier alpha value is -2.50. The quantitative estimate of drug-likeness (QED) is 0.850. The minimum atomic E-state index is -0.319. The van der Waals surface area contributed by atoms with Gasteiger partial charge >= 0.3 is 0 Å². The van der Waals surface area contributed by atoms with Gasteiger partial charge in [0.05, 0.1) is 20.5 Å². The average Bonchev–Trinajstić information content (AvgIpc) is 2.45. The van der Waals surface area contributed by atoms with Gasteiger partial charge in [-0.3, -0.25) is 4.79 Å². The second kappa shape index (κ2) is 5.90. The van der Waals surface area contributed by atoms with Crippen molar-refractivity contribution in [1.82, 2.24) is 9.97 Å². The van der Waals surface area contributed by atoms with Crippen molar-refractivity contribution in [3.05, 3.63) is 46.5 Å². The number of para-hydroxylation sites is 1. The Morgan fingerprint density at radius 3 is 2.79 bits per heavy atom. The van der Waals surface area contributed by atoms with Gasteiger partial charge in [-0.05, 0) is 6.07 Å². The van der Waals surface area contributed by atoms with Gasteiger partial charge in [-0.2, -0.15) is 0 Å². The molecule has 0 spiro atoms. The number of anilines is 1. The number of aromatic nitrogens is 2. The molecule has 6 nitrogen and oxygen atoms in total. The summed E-state index contributed by atoms with van der Waals surface area (Å²) in [6.07, 6.45) is 1.33. The van der Waals surface area contributed by atoms with E-state index in [4.69, 9.17) is 9.47 Å². The van der Waals surface area contributed by atoms with Crippen LogP contribution >= 0.6 is 0 Å². The number of benzene rings is 1. The van der Waals surface area contributed by atoms with Crippen LogP contribution in [0.2, 0.25) is 0 Å². The van der Waals surface area contributed by atoms with Crippen LogP contribution in [-0.4, -0.2) is 24.2 Å². The third-order valence-electron chi connectivity index (χ3n) is 2.65. The van der Waals surface area contributed by atoms with Gasteiger partial charge in [-0.1, -0.05) is 18.2 Å². The molecular formula is C13H15N3O3. The first-order valence-corrected chi connectivity index (χ1v) is 5.73. The van der Waals surface area contributed by atoms with E-state index in [9.17, 15) is 4.79 Å². The summed E-state index contributed by atoms with van der Waals surface area (Å²) in [4.78, 5) is 18.0. The fourth-order valence-electron chi connectivity index (χ4n) is 1.73. The maximum atomic E-state index is 11.5. The van der Waals surface area contributed by atoms with Crippen molar-refractivity contribution in [3.63, 3.8) is 0 Å². The van der Waals surface area contributed by atoms with Crippen molar-refractivity contribution in [2.24, 2.45) is 0 Å². The predicted octanol–water partition coefficient (Wildman–Crippen LogP) is 1.40. The Kier molecular flexibility index (Phi) is 4.02. The van der Waals surface area contributed by atoms with Gasteiger partial charge in [0.2, 0.25) is 5.75 Å². The second-order valence-corrected chi connectivity index (χ2v) is 3.78. The lowest BCUT2D eigenvalue weighted by Gasteiger charge is -2.11. The lowest BCUT2D eigenvalue weighted by Crippen LogP contribution is -2.14. The highest BCUT2D eigenvalue weighted by atomic mass is 16.5. The van der Waals surface area contributed by atoms with E-state index in [2.05, 4.69) is 15.3 Å². The molecule has 2 aromatic rings. The first-order valence-electron chi connectivity index (χ1n) is 5.73. The summed E-state index contributed by atoms with van der Waals surface area (Å²) in [6.45, 7) is 0.483. The molecule has 19 heavy (non-hydrogen) atoms. The van der Waals surface area contributed by atoms with Gasteiger partial charge in [0.1, 0.15) is 5.75 Å². The Balaban J connectivity index is 2.19. The Bertz CT molecular complexity index is 610. The van der Waals surface area contributed by atoms with E-state index >= 15 is 0 Å². The predicted molar refractivity (Wildman–Crippen MR) is 71.7 cm³/mol. The molecule has 0 fully saturated rings. The van der Waals surface area contributed by atoms with Gasteiger partial charge in [0, 0.05) is 12.1 Å². The first kappa shape index (κ1) is 12.9. The van der Waals surface area contributed by atoms with Crippen LogP contribution in [0.3, 0.4) is 0 Å². The molecular weight excluding hydrogens is 246 g/mol. The van der Waals surface area contributed by atoms with Crippen molar-refractivity contribution >= 4 is 5.82 Å². The number of H-pyrrole nitrogens is 1. The highest BCUT2D eigenvalue weighted by molar-refractivity contribution is 5.49. The molecule has 0 saturated carbocycles. The van der Waals surface area contributed by atoms with Gasteiger partial charge in [0.25, 0.3) is 5.56 Å². The molecule has 0 aliphatic heterocycles. The normalized spacial score (nSPS) is 10.0. The molecule has 1 aromatic heterocycles. The zero-order valence-corrected chi connectivity index (χ0v) is 10.8. The molecule has 2 rings (SSSR count). The van der Waals surface area contributed by atoms with Gasteiger partial charge in [-0.15, -0.1) is 0 Å². The van der Waals surface area contributed by atoms with E-state index in [1.165, 1.54) is 13.4 Å². The molecule has 1 aromatic carbocycles. The van der Waals surface area contributed by atoms with Crippen LogP contribution < -0.4 is 20.3 Å². The highest BCUT2D eigenvalue weighted by Gasteiger charge is 2.09. The zero-order chi connectivity index (χ0) is 13.7. The van der Waals surface area contributed by atoms with E-state index in [1.807, 2.05) is 24.3 Å². The minimum absolute atomic E-state index is 0.164. The maximum absolute atomic E-state index is 11.5. The van der Waals surface area contributed by atoms with Crippen LogP contribution in [0, 0.1) is 0 Å². The van der Waals surface area contributed by atoms with Crippen LogP contribution in [-0.2, 0) is 6.54 Å². The monoisotopic (exact) mass is 261 g/mol. The van der Waals surface area contributed by atoms with Crippen molar-refractivity contribution in [2.75, 3.05) is 19.5 Å². The molecule has 0 amide bonds. The Morgan fingerprint density at radius 2 is 2.05 bits per heavy atom. The molecule has 0 radical (unpaired) electrons. The van der Waals surface area contributed by atoms with Gasteiger partial charge in [0.15, 0.2) is 5.82 Å². The molecule has 6 heteroatoms. The summed E-state index contributed by atoms with van der Waals surface area (Å²) in [5.41, 5.74) is 0.647. The van der Waals surface area contributed by atoms with E-state index in [1.54, 1.807) is 7.11 Å². The highest BCUT2D eigenvalue weighted by Crippen LogP contribution is 2.20. The number of methoxy groups -OCH3 is 2. The number of aromatic amines is 1. The van der Waals surface area contributed by atoms with Crippen molar-refractivity contribution in [3.8, 4) is 11.5 Å². The number of hydrogen-bond donors (Lipinski definition) is 2. The maximum Gasteiger partial charge on any atom is 0.295 e. The van der Waals surface area contributed by atoms with E-state index < -0.39 is 0 Å². The zero-order valence-electron chi connectivity index (χ0n) is 10.8. The molecule has 0 aliphatic rings. The SMILES string of the molecule is COc1ccccc1CNc1nc[nH]c(=O)c1OC. The Labute approximate surface area is 110 Å². The van der Waals surface area contributed by atoms with Crippen LogP contribution in [0.4, 0.5) is 5.82 Å². The number of nitrogens with one attached hydrogen (secondary N) is 2. The lowest BCUT2D eigenvalue weighted by molar-refractivity contribution is 0.406. The molecule has 100 valence electrons. The van der Waals surface area contributed by atoms with Crippen LogP contribution in [0.5, 0.6) is 11.5 Å². The molecule has 2 N–H and O–H groups in total. The summed E-state index contributed by atoms with van der Waals surface area (Å²) in [7, 11) is 3.05. The van der Waals surface area contributed by atoms with Gasteiger partial charge < -0.3 is 19.8 Å². The molecule has 0 bridgehead atoms. The Morgan fingerprint density at radius 1 is 1.26 bits per heavy atom. The lowest BCUT2D eigenvalue weighted by atomic mass is 10.2. The number of nitrogens with zero attached hydrogens (tertiary/aromatic N) is 1. The number of ether oxygens (including phenoxy) is 2. The summed E-state index contributed by atoms with van der Waals surface area (Å²) in [5, 5.41) is 3.06. The molecule has 0 unspecified atom stereocenters. The molecule has 0 atom stereocenters. The standard InChI is InChI=1S/C13H15N3O3/c1-18-10-6-4-3-5-9(10)7-14-12-11(19-2)13(17)16-8-15-12/h3-6,8H,7H2,1-2H3,(H2,14,15,16,17). The number of rotatable bonds is 5.